The van der Waals surface area contributed by atoms with Crippen LogP contribution in [0.2, 0.25) is 5.28 Å². The van der Waals surface area contributed by atoms with Gasteiger partial charge in [0, 0.05) is 12.8 Å². The van der Waals surface area contributed by atoms with Gasteiger partial charge in [-0.2, -0.15) is 0 Å². The maximum atomic E-state index is 5.61. The molecule has 60 valence electrons. The molecule has 0 aliphatic rings. The predicted molar refractivity (Wildman–Crippen MR) is 42.5 cm³/mol. The Balaban J connectivity index is 2.89. The van der Waals surface area contributed by atoms with Crippen LogP contribution in [-0.2, 0) is 11.3 Å². The number of halogens is 1. The van der Waals surface area contributed by atoms with E-state index in [9.17, 15) is 0 Å². The lowest BCUT2D eigenvalue weighted by atomic mass is 10.3. The molecule has 0 bridgehead atoms. The lowest BCUT2D eigenvalue weighted by Crippen LogP contribution is -1.95. The molecule has 0 saturated carbocycles. The Morgan fingerprint density at radius 1 is 1.55 bits per heavy atom. The highest BCUT2D eigenvalue weighted by Gasteiger charge is 1.97. The first kappa shape index (κ1) is 8.43. The Morgan fingerprint density at radius 3 is 2.82 bits per heavy atom. The van der Waals surface area contributed by atoms with Crippen LogP contribution in [0.1, 0.15) is 11.4 Å². The molecular weight excluding hydrogens is 164 g/mol. The second-order valence-electron chi connectivity index (χ2n) is 2.20. The third kappa shape index (κ3) is 2.44. The fourth-order valence-corrected chi connectivity index (χ4v) is 1.06. The topological polar surface area (TPSA) is 35.0 Å². The molecule has 0 spiro atoms. The highest BCUT2D eigenvalue weighted by atomic mass is 35.5. The van der Waals surface area contributed by atoms with Crippen LogP contribution in [0.3, 0.4) is 0 Å². The normalized spacial score (nSPS) is 10.1. The number of methoxy groups -OCH3 is 1. The Bertz CT molecular complexity index is 232. The molecule has 3 nitrogen and oxygen atoms in total. The minimum atomic E-state index is 0.275. The number of ether oxygens (including phenoxy) is 1. The summed E-state index contributed by atoms with van der Waals surface area (Å²) in [5, 5.41) is 0.275. The summed E-state index contributed by atoms with van der Waals surface area (Å²) in [6.45, 7) is 2.34. The van der Waals surface area contributed by atoms with E-state index in [4.69, 9.17) is 16.3 Å². The molecule has 1 aromatic rings. The van der Waals surface area contributed by atoms with Gasteiger partial charge in [0.05, 0.1) is 12.3 Å². The molecule has 0 radical (unpaired) electrons. The van der Waals surface area contributed by atoms with Gasteiger partial charge in [0.1, 0.15) is 0 Å². The van der Waals surface area contributed by atoms with Crippen molar-refractivity contribution in [3.05, 3.63) is 22.7 Å². The van der Waals surface area contributed by atoms with E-state index in [0.29, 0.717) is 6.61 Å². The minimum absolute atomic E-state index is 0.275. The van der Waals surface area contributed by atoms with Crippen molar-refractivity contribution in [2.24, 2.45) is 0 Å². The van der Waals surface area contributed by atoms with Gasteiger partial charge in [0.2, 0.25) is 5.28 Å². The maximum Gasteiger partial charge on any atom is 0.222 e. The summed E-state index contributed by atoms with van der Waals surface area (Å²) in [6, 6.07) is 1.84. The van der Waals surface area contributed by atoms with Gasteiger partial charge in [-0.15, -0.1) is 0 Å². The molecule has 0 N–H and O–H groups in total. The van der Waals surface area contributed by atoms with E-state index in [2.05, 4.69) is 9.97 Å². The summed E-state index contributed by atoms with van der Waals surface area (Å²) < 4.78 is 4.89. The van der Waals surface area contributed by atoms with E-state index in [1.54, 1.807) is 7.11 Å². The number of aromatic nitrogens is 2. The van der Waals surface area contributed by atoms with E-state index in [1.165, 1.54) is 0 Å². The van der Waals surface area contributed by atoms with Crippen LogP contribution in [0, 0.1) is 6.92 Å². The van der Waals surface area contributed by atoms with Gasteiger partial charge in [-0.05, 0) is 24.6 Å². The minimum Gasteiger partial charge on any atom is -0.378 e. The molecule has 0 amide bonds. The van der Waals surface area contributed by atoms with Gasteiger partial charge in [0.15, 0.2) is 0 Å². The molecule has 4 heteroatoms. The van der Waals surface area contributed by atoms with Crippen molar-refractivity contribution in [3.8, 4) is 0 Å². The summed E-state index contributed by atoms with van der Waals surface area (Å²) in [5.74, 6) is 0. The summed E-state index contributed by atoms with van der Waals surface area (Å²) in [7, 11) is 1.62. The van der Waals surface area contributed by atoms with Crippen molar-refractivity contribution in [2.75, 3.05) is 7.11 Å². The number of hydrogen-bond donors (Lipinski definition) is 0. The van der Waals surface area contributed by atoms with Crippen LogP contribution in [0.5, 0.6) is 0 Å². The van der Waals surface area contributed by atoms with Crippen molar-refractivity contribution in [1.82, 2.24) is 9.97 Å². The molecule has 0 aliphatic heterocycles. The lowest BCUT2D eigenvalue weighted by Gasteiger charge is -1.99. The highest BCUT2D eigenvalue weighted by molar-refractivity contribution is 6.28. The Kier molecular flexibility index (Phi) is 2.79. The molecule has 11 heavy (non-hydrogen) atoms. The zero-order chi connectivity index (χ0) is 8.27. The third-order valence-electron chi connectivity index (χ3n) is 1.17. The van der Waals surface area contributed by atoms with Crippen molar-refractivity contribution in [1.29, 1.82) is 0 Å². The van der Waals surface area contributed by atoms with Crippen molar-refractivity contribution in [3.63, 3.8) is 0 Å². The Labute approximate surface area is 70.4 Å². The average Bonchev–Trinajstić information content (AvgIpc) is 1.85. The number of nitrogens with zero attached hydrogens (tertiary/aromatic N) is 2. The van der Waals surface area contributed by atoms with E-state index >= 15 is 0 Å². The Hall–Kier alpha value is -0.670. The maximum absolute atomic E-state index is 5.61. The predicted octanol–water partition coefficient (Wildman–Crippen LogP) is 1.58. The standard InChI is InChI=1S/C7H9ClN2O/c1-5-3-6(4-11-2)10-7(8)9-5/h3H,4H2,1-2H3. The van der Waals surface area contributed by atoms with E-state index in [0.717, 1.165) is 11.4 Å². The van der Waals surface area contributed by atoms with Crippen LogP contribution in [0.25, 0.3) is 0 Å². The molecule has 1 aromatic heterocycles. The zero-order valence-corrected chi connectivity index (χ0v) is 7.22. The van der Waals surface area contributed by atoms with Crippen LogP contribution >= 0.6 is 11.6 Å². The quantitative estimate of drug-likeness (QED) is 0.636. The molecular formula is C7H9ClN2O. The van der Waals surface area contributed by atoms with Crippen LogP contribution in [-0.4, -0.2) is 17.1 Å². The number of rotatable bonds is 2. The lowest BCUT2D eigenvalue weighted by molar-refractivity contribution is 0.181. The van der Waals surface area contributed by atoms with Gasteiger partial charge in [-0.25, -0.2) is 9.97 Å². The van der Waals surface area contributed by atoms with E-state index in [1.807, 2.05) is 13.0 Å². The Morgan fingerprint density at radius 2 is 2.27 bits per heavy atom. The molecule has 0 unspecified atom stereocenters. The number of aryl methyl sites for hydroxylation is 1. The molecule has 0 aliphatic carbocycles. The van der Waals surface area contributed by atoms with Gasteiger partial charge < -0.3 is 4.74 Å². The largest absolute Gasteiger partial charge is 0.378 e. The number of hydrogen-bond acceptors (Lipinski definition) is 3. The van der Waals surface area contributed by atoms with Crippen LogP contribution < -0.4 is 0 Å². The smallest absolute Gasteiger partial charge is 0.222 e. The molecule has 1 rings (SSSR count). The third-order valence-corrected chi connectivity index (χ3v) is 1.34. The summed E-state index contributed by atoms with van der Waals surface area (Å²) in [5.41, 5.74) is 1.67. The molecule has 0 aromatic carbocycles. The molecule has 0 fully saturated rings. The summed E-state index contributed by atoms with van der Waals surface area (Å²) >= 11 is 5.61. The summed E-state index contributed by atoms with van der Waals surface area (Å²) in [6.07, 6.45) is 0. The van der Waals surface area contributed by atoms with Crippen molar-refractivity contribution < 1.29 is 4.74 Å². The van der Waals surface area contributed by atoms with E-state index < -0.39 is 0 Å². The monoisotopic (exact) mass is 172 g/mol. The molecule has 1 heterocycles. The fourth-order valence-electron chi connectivity index (χ4n) is 0.817. The van der Waals surface area contributed by atoms with Gasteiger partial charge in [0.25, 0.3) is 0 Å². The molecule has 0 saturated heterocycles. The van der Waals surface area contributed by atoms with Gasteiger partial charge in [-0.3, -0.25) is 0 Å². The SMILES string of the molecule is COCc1cc(C)nc(Cl)n1. The van der Waals surface area contributed by atoms with Crippen molar-refractivity contribution >= 4 is 11.6 Å². The first-order valence-corrected chi connectivity index (χ1v) is 3.59. The first-order chi connectivity index (χ1) is 5.22. The average molecular weight is 173 g/mol. The van der Waals surface area contributed by atoms with Crippen molar-refractivity contribution in [2.45, 2.75) is 13.5 Å². The van der Waals surface area contributed by atoms with Gasteiger partial charge >= 0.3 is 0 Å². The zero-order valence-electron chi connectivity index (χ0n) is 6.47. The second kappa shape index (κ2) is 3.64. The van der Waals surface area contributed by atoms with Crippen LogP contribution in [0.4, 0.5) is 0 Å². The molecule has 0 atom stereocenters. The van der Waals surface area contributed by atoms with Gasteiger partial charge in [-0.1, -0.05) is 0 Å². The fraction of sp³-hybridized carbons (Fsp3) is 0.429. The first-order valence-electron chi connectivity index (χ1n) is 3.21. The van der Waals surface area contributed by atoms with E-state index in [-0.39, 0.29) is 5.28 Å². The summed E-state index contributed by atoms with van der Waals surface area (Å²) in [4.78, 5) is 7.87. The second-order valence-corrected chi connectivity index (χ2v) is 2.54. The highest BCUT2D eigenvalue weighted by Crippen LogP contribution is 2.05. The van der Waals surface area contributed by atoms with Crippen LogP contribution in [0.15, 0.2) is 6.07 Å².